The summed E-state index contributed by atoms with van der Waals surface area (Å²) in [5, 5.41) is 9.47. The van der Waals surface area contributed by atoms with E-state index >= 15 is 0 Å². The number of carbonyl (C=O) groups is 1. The van der Waals surface area contributed by atoms with E-state index in [1.165, 1.54) is 0 Å². The van der Waals surface area contributed by atoms with Gasteiger partial charge in [0.1, 0.15) is 0 Å². The fourth-order valence-electron chi connectivity index (χ4n) is 1.47. The van der Waals surface area contributed by atoms with Crippen LogP contribution in [0.15, 0.2) is 6.20 Å². The van der Waals surface area contributed by atoms with Gasteiger partial charge in [-0.15, -0.1) is 0 Å². The minimum Gasteiger partial charge on any atom is -0.348 e. The highest BCUT2D eigenvalue weighted by molar-refractivity contribution is 5.95. The van der Waals surface area contributed by atoms with Crippen LogP contribution in [0.2, 0.25) is 0 Å². The molecule has 1 amide bonds. The van der Waals surface area contributed by atoms with Crippen LogP contribution in [0, 0.1) is 6.92 Å². The summed E-state index contributed by atoms with van der Waals surface area (Å²) in [6, 6.07) is 0.127. The van der Waals surface area contributed by atoms with E-state index < -0.39 is 0 Å². The summed E-state index contributed by atoms with van der Waals surface area (Å²) in [4.78, 5) is 13.8. The molecule has 5 heteroatoms. The molecule has 1 aromatic heterocycles. The third-order valence-corrected chi connectivity index (χ3v) is 2.09. The monoisotopic (exact) mass is 210 g/mol. The molecule has 0 bridgehead atoms. The van der Waals surface area contributed by atoms with Crippen LogP contribution in [0.3, 0.4) is 0 Å². The number of aryl methyl sites for hydroxylation is 1. The Hall–Kier alpha value is -1.36. The van der Waals surface area contributed by atoms with Crippen LogP contribution in [0.5, 0.6) is 0 Å². The molecular weight excluding hydrogens is 192 g/mol. The average molecular weight is 210 g/mol. The maximum absolute atomic E-state index is 11.7. The molecule has 0 aliphatic rings. The van der Waals surface area contributed by atoms with Gasteiger partial charge in [0.05, 0.1) is 11.8 Å². The number of hydrogen-bond acceptors (Lipinski definition) is 3. The normalized spacial score (nSPS) is 12.9. The van der Waals surface area contributed by atoms with Crippen LogP contribution in [0.1, 0.15) is 23.0 Å². The number of H-pyrrole nitrogens is 1. The Bertz CT molecular complexity index is 332. The van der Waals surface area contributed by atoms with Crippen molar-refractivity contribution in [2.45, 2.75) is 19.9 Å². The molecule has 0 fully saturated rings. The first kappa shape index (κ1) is 11.7. The highest BCUT2D eigenvalue weighted by Crippen LogP contribution is 2.02. The number of aromatic amines is 1. The quantitative estimate of drug-likeness (QED) is 0.756. The molecule has 5 nitrogen and oxygen atoms in total. The summed E-state index contributed by atoms with van der Waals surface area (Å²) in [7, 11) is 3.96. The molecule has 1 rings (SSSR count). The van der Waals surface area contributed by atoms with Gasteiger partial charge in [0, 0.05) is 18.3 Å². The maximum atomic E-state index is 11.7. The van der Waals surface area contributed by atoms with E-state index in [9.17, 15) is 4.79 Å². The predicted molar refractivity (Wildman–Crippen MR) is 58.8 cm³/mol. The molecule has 1 heterocycles. The van der Waals surface area contributed by atoms with Crippen LogP contribution in [-0.2, 0) is 0 Å². The molecule has 0 aliphatic carbocycles. The number of nitrogens with zero attached hydrogens (tertiary/aromatic N) is 2. The van der Waals surface area contributed by atoms with E-state index in [-0.39, 0.29) is 11.9 Å². The number of amides is 1. The second-order valence-electron chi connectivity index (χ2n) is 4.05. The lowest BCUT2D eigenvalue weighted by Crippen LogP contribution is -2.39. The van der Waals surface area contributed by atoms with Gasteiger partial charge in [-0.1, -0.05) is 0 Å². The van der Waals surface area contributed by atoms with Gasteiger partial charge in [0.25, 0.3) is 5.91 Å². The van der Waals surface area contributed by atoms with Crippen LogP contribution in [0.4, 0.5) is 0 Å². The number of nitrogens with one attached hydrogen (secondary N) is 2. The van der Waals surface area contributed by atoms with Gasteiger partial charge in [0.15, 0.2) is 0 Å². The van der Waals surface area contributed by atoms with Gasteiger partial charge in [0.2, 0.25) is 0 Å². The second kappa shape index (κ2) is 4.93. The summed E-state index contributed by atoms with van der Waals surface area (Å²) >= 11 is 0. The van der Waals surface area contributed by atoms with Crippen LogP contribution >= 0.6 is 0 Å². The topological polar surface area (TPSA) is 61.0 Å². The Balaban J connectivity index is 2.53. The lowest BCUT2D eigenvalue weighted by molar-refractivity contribution is 0.0934. The average Bonchev–Trinajstić information content (AvgIpc) is 2.49. The molecule has 0 aliphatic heterocycles. The van der Waals surface area contributed by atoms with Gasteiger partial charge in [-0.3, -0.25) is 9.89 Å². The zero-order valence-corrected chi connectivity index (χ0v) is 9.66. The SMILES string of the molecule is Cc1[nH]ncc1C(=O)NC(C)CN(C)C. The summed E-state index contributed by atoms with van der Waals surface area (Å²) < 4.78 is 0. The lowest BCUT2D eigenvalue weighted by Gasteiger charge is -2.17. The Morgan fingerprint density at radius 3 is 2.80 bits per heavy atom. The fourth-order valence-corrected chi connectivity index (χ4v) is 1.47. The molecule has 2 N–H and O–H groups in total. The highest BCUT2D eigenvalue weighted by atomic mass is 16.1. The Morgan fingerprint density at radius 1 is 1.67 bits per heavy atom. The van der Waals surface area contributed by atoms with E-state index in [2.05, 4.69) is 15.5 Å². The molecule has 0 saturated heterocycles. The molecule has 1 aromatic rings. The first-order chi connectivity index (χ1) is 7.00. The van der Waals surface area contributed by atoms with E-state index in [0.717, 1.165) is 12.2 Å². The smallest absolute Gasteiger partial charge is 0.254 e. The van der Waals surface area contributed by atoms with E-state index in [0.29, 0.717) is 5.56 Å². The van der Waals surface area contributed by atoms with Crippen molar-refractivity contribution < 1.29 is 4.79 Å². The summed E-state index contributed by atoms with van der Waals surface area (Å²) in [5.74, 6) is -0.0735. The van der Waals surface area contributed by atoms with Crippen molar-refractivity contribution in [2.24, 2.45) is 0 Å². The zero-order valence-electron chi connectivity index (χ0n) is 9.66. The predicted octanol–water partition coefficient (Wildman–Crippen LogP) is 0.398. The Labute approximate surface area is 89.9 Å². The van der Waals surface area contributed by atoms with Crippen molar-refractivity contribution >= 4 is 5.91 Å². The van der Waals surface area contributed by atoms with Crippen molar-refractivity contribution in [3.8, 4) is 0 Å². The Kier molecular flexibility index (Phi) is 3.85. The minimum atomic E-state index is -0.0735. The number of carbonyl (C=O) groups excluding carboxylic acids is 1. The Morgan fingerprint density at radius 2 is 2.33 bits per heavy atom. The highest BCUT2D eigenvalue weighted by Gasteiger charge is 2.13. The minimum absolute atomic E-state index is 0.0735. The van der Waals surface area contributed by atoms with Gasteiger partial charge in [-0.25, -0.2) is 0 Å². The number of likely N-dealkylation sites (N-methyl/N-ethyl adjacent to an activating group) is 1. The lowest BCUT2D eigenvalue weighted by atomic mass is 10.2. The van der Waals surface area contributed by atoms with Gasteiger partial charge >= 0.3 is 0 Å². The number of aromatic nitrogens is 2. The van der Waals surface area contributed by atoms with E-state index in [1.54, 1.807) is 6.20 Å². The first-order valence-corrected chi connectivity index (χ1v) is 4.96. The maximum Gasteiger partial charge on any atom is 0.254 e. The van der Waals surface area contributed by atoms with Crippen molar-refractivity contribution in [3.05, 3.63) is 17.5 Å². The molecule has 0 saturated carbocycles. The van der Waals surface area contributed by atoms with Crippen molar-refractivity contribution in [2.75, 3.05) is 20.6 Å². The molecule has 1 unspecified atom stereocenters. The van der Waals surface area contributed by atoms with Crippen LogP contribution < -0.4 is 5.32 Å². The summed E-state index contributed by atoms with van der Waals surface area (Å²) in [6.45, 7) is 4.63. The zero-order chi connectivity index (χ0) is 11.4. The summed E-state index contributed by atoms with van der Waals surface area (Å²) in [6.07, 6.45) is 1.55. The molecule has 0 spiro atoms. The van der Waals surface area contributed by atoms with Gasteiger partial charge in [-0.05, 0) is 27.9 Å². The molecule has 0 radical (unpaired) electrons. The van der Waals surface area contributed by atoms with E-state index in [4.69, 9.17) is 0 Å². The largest absolute Gasteiger partial charge is 0.348 e. The van der Waals surface area contributed by atoms with Crippen LogP contribution in [-0.4, -0.2) is 47.7 Å². The van der Waals surface area contributed by atoms with Crippen molar-refractivity contribution in [1.29, 1.82) is 0 Å². The standard InChI is InChI=1S/C10H18N4O/c1-7(6-14(3)4)12-10(15)9-5-11-13-8(9)2/h5,7H,6H2,1-4H3,(H,11,13)(H,12,15). The molecule has 15 heavy (non-hydrogen) atoms. The van der Waals surface area contributed by atoms with E-state index in [1.807, 2.05) is 32.8 Å². The van der Waals surface area contributed by atoms with Gasteiger partial charge < -0.3 is 10.2 Å². The first-order valence-electron chi connectivity index (χ1n) is 4.96. The number of rotatable bonds is 4. The van der Waals surface area contributed by atoms with Crippen LogP contribution in [0.25, 0.3) is 0 Å². The second-order valence-corrected chi connectivity index (χ2v) is 4.05. The molecule has 1 atom stereocenters. The third kappa shape index (κ3) is 3.36. The molecule has 84 valence electrons. The number of hydrogen-bond donors (Lipinski definition) is 2. The fraction of sp³-hybridized carbons (Fsp3) is 0.600. The molecule has 0 aromatic carbocycles. The van der Waals surface area contributed by atoms with Crippen molar-refractivity contribution in [3.63, 3.8) is 0 Å². The summed E-state index contributed by atoms with van der Waals surface area (Å²) in [5.41, 5.74) is 1.41. The molecular formula is C10H18N4O. The van der Waals surface area contributed by atoms with Gasteiger partial charge in [-0.2, -0.15) is 5.10 Å². The van der Waals surface area contributed by atoms with Crippen molar-refractivity contribution in [1.82, 2.24) is 20.4 Å². The third-order valence-electron chi connectivity index (χ3n) is 2.09.